The Labute approximate surface area is 137 Å². The monoisotopic (exact) mass is 322 g/mol. The van der Waals surface area contributed by atoms with E-state index in [9.17, 15) is 4.39 Å². The molecule has 4 rings (SSSR count). The van der Waals surface area contributed by atoms with Gasteiger partial charge in [-0.3, -0.25) is 15.5 Å². The van der Waals surface area contributed by atoms with E-state index in [-0.39, 0.29) is 5.82 Å². The number of hydrazine groups is 1. The number of hydrogen-bond acceptors (Lipinski definition) is 5. The van der Waals surface area contributed by atoms with Crippen molar-refractivity contribution in [2.75, 3.05) is 5.43 Å². The van der Waals surface area contributed by atoms with E-state index in [0.29, 0.717) is 6.54 Å². The van der Waals surface area contributed by atoms with Gasteiger partial charge in [-0.25, -0.2) is 9.40 Å². The van der Waals surface area contributed by atoms with Gasteiger partial charge in [-0.05, 0) is 35.9 Å². The van der Waals surface area contributed by atoms with Crippen LogP contribution in [0, 0.1) is 5.82 Å². The van der Waals surface area contributed by atoms with Gasteiger partial charge in [0.2, 0.25) is 0 Å². The predicted molar refractivity (Wildman–Crippen MR) is 91.5 cm³/mol. The van der Waals surface area contributed by atoms with Crippen LogP contribution >= 0.6 is 0 Å². The molecule has 0 amide bonds. The zero-order chi connectivity index (χ0) is 16.4. The molecule has 0 radical (unpaired) electrons. The lowest BCUT2D eigenvalue weighted by Crippen LogP contribution is -2.26. The van der Waals surface area contributed by atoms with Crippen LogP contribution in [0.15, 0.2) is 66.2 Å². The van der Waals surface area contributed by atoms with Crippen LogP contribution in [0.3, 0.4) is 0 Å². The molecular weight excluding hydrogens is 307 g/mol. The van der Waals surface area contributed by atoms with Gasteiger partial charge in [-0.2, -0.15) is 10.2 Å². The summed E-state index contributed by atoms with van der Waals surface area (Å²) in [4.78, 5) is 0. The van der Waals surface area contributed by atoms with Crippen LogP contribution in [0.2, 0.25) is 0 Å². The quantitative estimate of drug-likeness (QED) is 0.775. The molecule has 2 heterocycles. The van der Waals surface area contributed by atoms with Crippen molar-refractivity contribution in [2.45, 2.75) is 6.54 Å². The normalized spacial score (nSPS) is 13.3. The number of aromatic nitrogens is 2. The Bertz CT molecular complexity index is 918. The van der Waals surface area contributed by atoms with E-state index in [1.54, 1.807) is 23.6 Å². The molecular formula is C17H15FN6. The molecule has 0 aliphatic carbocycles. The van der Waals surface area contributed by atoms with E-state index >= 15 is 0 Å². The van der Waals surface area contributed by atoms with E-state index in [1.807, 2.05) is 41.3 Å². The minimum atomic E-state index is -0.235. The molecule has 0 fully saturated rings. The SMILES string of the molecule is Fc1cccc(Cn2ncc3cc(NN4C=CNN=C4)ccc32)c1. The van der Waals surface area contributed by atoms with Gasteiger partial charge in [-0.15, -0.1) is 0 Å². The smallest absolute Gasteiger partial charge is 0.134 e. The summed E-state index contributed by atoms with van der Waals surface area (Å²) in [6.45, 7) is 0.529. The van der Waals surface area contributed by atoms with Crippen molar-refractivity contribution in [1.29, 1.82) is 0 Å². The first-order valence-electron chi connectivity index (χ1n) is 7.48. The zero-order valence-electron chi connectivity index (χ0n) is 12.7. The molecule has 7 heteroatoms. The van der Waals surface area contributed by atoms with Crippen LogP contribution in [0.5, 0.6) is 0 Å². The molecule has 2 aromatic carbocycles. The summed E-state index contributed by atoms with van der Waals surface area (Å²) in [5.74, 6) is -0.235. The van der Waals surface area contributed by atoms with Crippen molar-refractivity contribution in [1.82, 2.24) is 20.2 Å². The first-order valence-corrected chi connectivity index (χ1v) is 7.48. The maximum atomic E-state index is 13.3. The summed E-state index contributed by atoms with van der Waals surface area (Å²) in [7, 11) is 0. The highest BCUT2D eigenvalue weighted by atomic mass is 19.1. The van der Waals surface area contributed by atoms with Crippen molar-refractivity contribution in [3.8, 4) is 0 Å². The molecule has 1 aliphatic rings. The number of hydrogen-bond donors (Lipinski definition) is 2. The lowest BCUT2D eigenvalue weighted by Gasteiger charge is -2.19. The second-order valence-electron chi connectivity index (χ2n) is 5.41. The van der Waals surface area contributed by atoms with E-state index in [2.05, 4.69) is 21.1 Å². The lowest BCUT2D eigenvalue weighted by atomic mass is 10.2. The Kier molecular flexibility index (Phi) is 3.59. The highest BCUT2D eigenvalue weighted by Crippen LogP contribution is 2.20. The zero-order valence-corrected chi connectivity index (χ0v) is 12.7. The summed E-state index contributed by atoms with van der Waals surface area (Å²) >= 11 is 0. The minimum absolute atomic E-state index is 0.235. The van der Waals surface area contributed by atoms with Gasteiger partial charge in [0.15, 0.2) is 0 Å². The third-order valence-corrected chi connectivity index (χ3v) is 3.69. The number of hydrazone groups is 1. The maximum Gasteiger partial charge on any atom is 0.134 e. The number of nitrogens with one attached hydrogen (secondary N) is 2. The van der Waals surface area contributed by atoms with Crippen molar-refractivity contribution < 1.29 is 4.39 Å². The highest BCUT2D eigenvalue weighted by Gasteiger charge is 2.06. The molecule has 2 N–H and O–H groups in total. The van der Waals surface area contributed by atoms with Gasteiger partial charge < -0.3 is 0 Å². The lowest BCUT2D eigenvalue weighted by molar-refractivity contribution is 0.621. The molecule has 0 atom stereocenters. The number of halogens is 1. The Hall–Kier alpha value is -3.35. The molecule has 1 aromatic heterocycles. The molecule has 6 nitrogen and oxygen atoms in total. The number of rotatable bonds is 4. The first kappa shape index (κ1) is 14.3. The third-order valence-electron chi connectivity index (χ3n) is 3.69. The average Bonchev–Trinajstić information content (AvgIpc) is 2.98. The summed E-state index contributed by atoms with van der Waals surface area (Å²) in [6.07, 6.45) is 6.99. The number of anilines is 1. The van der Waals surface area contributed by atoms with Gasteiger partial charge in [0, 0.05) is 17.8 Å². The van der Waals surface area contributed by atoms with Crippen molar-refractivity contribution in [3.05, 3.63) is 72.4 Å². The summed E-state index contributed by atoms with van der Waals surface area (Å²) < 4.78 is 15.2. The van der Waals surface area contributed by atoms with Gasteiger partial charge in [0.05, 0.1) is 23.9 Å². The molecule has 0 saturated carbocycles. The molecule has 24 heavy (non-hydrogen) atoms. The largest absolute Gasteiger partial charge is 0.293 e. The van der Waals surface area contributed by atoms with Crippen LogP contribution < -0.4 is 10.9 Å². The number of nitrogens with zero attached hydrogens (tertiary/aromatic N) is 4. The fraction of sp³-hybridized carbons (Fsp3) is 0.0588. The molecule has 1 aliphatic heterocycles. The highest BCUT2D eigenvalue weighted by molar-refractivity contribution is 5.82. The van der Waals surface area contributed by atoms with Crippen molar-refractivity contribution in [3.63, 3.8) is 0 Å². The molecule has 120 valence electrons. The summed E-state index contributed by atoms with van der Waals surface area (Å²) in [5.41, 5.74) is 8.73. The predicted octanol–water partition coefficient (Wildman–Crippen LogP) is 2.87. The fourth-order valence-electron chi connectivity index (χ4n) is 2.60. The average molecular weight is 322 g/mol. The van der Waals surface area contributed by atoms with Gasteiger partial charge in [0.1, 0.15) is 12.2 Å². The number of fused-ring (bicyclic) bond motifs is 1. The van der Waals surface area contributed by atoms with Crippen molar-refractivity contribution in [2.24, 2.45) is 5.10 Å². The Morgan fingerprint density at radius 2 is 2.12 bits per heavy atom. The van der Waals surface area contributed by atoms with Crippen LogP contribution in [-0.2, 0) is 6.54 Å². The molecule has 0 spiro atoms. The molecule has 0 saturated heterocycles. The van der Waals surface area contributed by atoms with E-state index in [0.717, 1.165) is 22.2 Å². The maximum absolute atomic E-state index is 13.3. The van der Waals surface area contributed by atoms with Crippen LogP contribution in [0.4, 0.5) is 10.1 Å². The van der Waals surface area contributed by atoms with Crippen LogP contribution in [0.1, 0.15) is 5.56 Å². The topological polar surface area (TPSA) is 57.5 Å². The Morgan fingerprint density at radius 1 is 1.17 bits per heavy atom. The second kappa shape index (κ2) is 6.04. The first-order chi connectivity index (χ1) is 11.8. The Morgan fingerprint density at radius 3 is 2.96 bits per heavy atom. The van der Waals surface area contributed by atoms with E-state index in [4.69, 9.17) is 0 Å². The Balaban J connectivity index is 1.57. The van der Waals surface area contributed by atoms with E-state index < -0.39 is 0 Å². The molecule has 0 unspecified atom stereocenters. The van der Waals surface area contributed by atoms with Gasteiger partial charge in [0.25, 0.3) is 0 Å². The number of benzene rings is 2. The van der Waals surface area contributed by atoms with Gasteiger partial charge >= 0.3 is 0 Å². The van der Waals surface area contributed by atoms with Crippen LogP contribution in [-0.4, -0.2) is 21.1 Å². The standard InChI is InChI=1S/C17H15FN6/c18-15-3-1-2-13(8-15)11-24-17-5-4-16(9-14(17)10-21-24)22-23-7-6-19-20-12-23/h1-10,12,19,22H,11H2. The second-order valence-corrected chi connectivity index (χ2v) is 5.41. The fourth-order valence-corrected chi connectivity index (χ4v) is 2.60. The van der Waals surface area contributed by atoms with Gasteiger partial charge in [-0.1, -0.05) is 12.1 Å². The van der Waals surface area contributed by atoms with Crippen molar-refractivity contribution >= 4 is 22.9 Å². The molecule has 0 bridgehead atoms. The molecule has 3 aromatic rings. The summed E-state index contributed by atoms with van der Waals surface area (Å²) in [5, 5.41) is 11.1. The van der Waals surface area contributed by atoms with E-state index in [1.165, 1.54) is 12.1 Å². The third kappa shape index (κ3) is 2.91. The minimum Gasteiger partial charge on any atom is -0.293 e. The van der Waals surface area contributed by atoms with Crippen LogP contribution in [0.25, 0.3) is 10.9 Å². The summed E-state index contributed by atoms with van der Waals surface area (Å²) in [6, 6.07) is 12.5.